The third kappa shape index (κ3) is 3.41. The maximum absolute atomic E-state index is 3.37. The molecule has 1 unspecified atom stereocenters. The average molecular weight is 261 g/mol. The molecule has 0 aliphatic carbocycles. The Labute approximate surface area is 117 Å². The molecule has 0 saturated carbocycles. The molecule has 1 aromatic rings. The fourth-order valence-electron chi connectivity index (χ4n) is 2.95. The topological polar surface area (TPSA) is 27.3 Å². The van der Waals surface area contributed by atoms with Crippen LogP contribution in [0.1, 0.15) is 44.7 Å². The Morgan fingerprint density at radius 1 is 1.21 bits per heavy atom. The molecule has 0 bridgehead atoms. The van der Waals surface area contributed by atoms with E-state index in [4.69, 9.17) is 0 Å². The van der Waals surface area contributed by atoms with Gasteiger partial charge in [0, 0.05) is 31.0 Å². The molecule has 3 nitrogen and oxygen atoms in total. The van der Waals surface area contributed by atoms with Gasteiger partial charge in [0.05, 0.1) is 0 Å². The summed E-state index contributed by atoms with van der Waals surface area (Å²) >= 11 is 0. The Kier molecular flexibility index (Phi) is 5.08. The van der Waals surface area contributed by atoms with Crippen LogP contribution in [0.25, 0.3) is 0 Å². The Bertz CT molecular complexity index is 397. The third-order valence-electron chi connectivity index (χ3n) is 4.09. The highest BCUT2D eigenvalue weighted by Crippen LogP contribution is 2.31. The number of nitrogens with one attached hydrogen (secondary N) is 2. The van der Waals surface area contributed by atoms with Crippen molar-refractivity contribution in [2.75, 3.05) is 37.3 Å². The second-order valence-corrected chi connectivity index (χ2v) is 5.35. The van der Waals surface area contributed by atoms with Crippen molar-refractivity contribution in [3.05, 3.63) is 23.8 Å². The lowest BCUT2D eigenvalue weighted by molar-refractivity contribution is 0.175. The van der Waals surface area contributed by atoms with Crippen LogP contribution in [0.3, 0.4) is 0 Å². The van der Waals surface area contributed by atoms with Crippen molar-refractivity contribution >= 4 is 11.4 Å². The zero-order chi connectivity index (χ0) is 13.7. The molecule has 1 saturated heterocycles. The zero-order valence-electron chi connectivity index (χ0n) is 12.5. The maximum atomic E-state index is 3.37. The first kappa shape index (κ1) is 14.2. The minimum atomic E-state index is 0.499. The van der Waals surface area contributed by atoms with Crippen LogP contribution >= 0.6 is 0 Å². The first-order valence-electron chi connectivity index (χ1n) is 7.56. The smallest absolute Gasteiger partial charge is 0.0406 e. The lowest BCUT2D eigenvalue weighted by atomic mass is 10.0. The van der Waals surface area contributed by atoms with Gasteiger partial charge in [-0.3, -0.25) is 4.90 Å². The van der Waals surface area contributed by atoms with E-state index in [1.165, 1.54) is 49.3 Å². The van der Waals surface area contributed by atoms with E-state index in [1.807, 2.05) is 7.05 Å². The van der Waals surface area contributed by atoms with Gasteiger partial charge in [-0.1, -0.05) is 12.5 Å². The van der Waals surface area contributed by atoms with Crippen LogP contribution in [0.4, 0.5) is 11.4 Å². The molecule has 2 N–H and O–H groups in total. The molecule has 19 heavy (non-hydrogen) atoms. The van der Waals surface area contributed by atoms with Crippen molar-refractivity contribution in [2.45, 2.75) is 39.2 Å². The average Bonchev–Trinajstić information content (AvgIpc) is 2.47. The lowest BCUT2D eigenvalue weighted by Crippen LogP contribution is -2.32. The van der Waals surface area contributed by atoms with Crippen LogP contribution in [0, 0.1) is 0 Å². The van der Waals surface area contributed by atoms with Crippen molar-refractivity contribution in [1.82, 2.24) is 4.90 Å². The van der Waals surface area contributed by atoms with E-state index in [9.17, 15) is 0 Å². The van der Waals surface area contributed by atoms with Crippen molar-refractivity contribution in [3.8, 4) is 0 Å². The van der Waals surface area contributed by atoms with Crippen LogP contribution in [0.15, 0.2) is 18.2 Å². The summed E-state index contributed by atoms with van der Waals surface area (Å²) in [6.45, 7) is 7.89. The fourth-order valence-corrected chi connectivity index (χ4v) is 2.95. The summed E-state index contributed by atoms with van der Waals surface area (Å²) in [5.41, 5.74) is 3.85. The third-order valence-corrected chi connectivity index (χ3v) is 4.09. The Morgan fingerprint density at radius 3 is 2.58 bits per heavy atom. The Balaban J connectivity index is 2.17. The van der Waals surface area contributed by atoms with Gasteiger partial charge in [-0.05, 0) is 57.5 Å². The lowest BCUT2D eigenvalue weighted by Gasteiger charge is -2.33. The highest BCUT2D eigenvalue weighted by Gasteiger charge is 2.20. The summed E-state index contributed by atoms with van der Waals surface area (Å²) < 4.78 is 0. The number of hydrogen-bond acceptors (Lipinski definition) is 3. The molecule has 3 heteroatoms. The normalized spacial score (nSPS) is 18.1. The predicted octanol–water partition coefficient (Wildman–Crippen LogP) is 3.71. The quantitative estimate of drug-likeness (QED) is 0.846. The number of rotatable bonds is 5. The first-order chi connectivity index (χ1) is 9.26. The van der Waals surface area contributed by atoms with Gasteiger partial charge in [-0.2, -0.15) is 0 Å². The van der Waals surface area contributed by atoms with Crippen LogP contribution in [0.5, 0.6) is 0 Å². The molecule has 106 valence electrons. The molecule has 0 spiro atoms. The van der Waals surface area contributed by atoms with Crippen molar-refractivity contribution in [3.63, 3.8) is 0 Å². The second-order valence-electron chi connectivity index (χ2n) is 5.35. The predicted molar refractivity (Wildman–Crippen MR) is 84.0 cm³/mol. The van der Waals surface area contributed by atoms with E-state index in [-0.39, 0.29) is 0 Å². The molecule has 1 atom stereocenters. The van der Waals surface area contributed by atoms with Gasteiger partial charge in [0.2, 0.25) is 0 Å². The molecule has 0 radical (unpaired) electrons. The molecular formula is C16H27N3. The van der Waals surface area contributed by atoms with Crippen molar-refractivity contribution in [2.24, 2.45) is 0 Å². The minimum Gasteiger partial charge on any atom is -0.388 e. The summed E-state index contributed by atoms with van der Waals surface area (Å²) in [4.78, 5) is 2.60. The van der Waals surface area contributed by atoms with Gasteiger partial charge in [0.15, 0.2) is 0 Å². The molecule has 1 aromatic carbocycles. The standard InChI is InChI=1S/C16H27N3/c1-4-18-14-8-9-15(16(12-14)17-3)13(2)19-10-6-5-7-11-19/h8-9,12-13,17-18H,4-7,10-11H2,1-3H3. The van der Waals surface area contributed by atoms with Gasteiger partial charge >= 0.3 is 0 Å². The molecule has 2 rings (SSSR count). The molecular weight excluding hydrogens is 234 g/mol. The fraction of sp³-hybridized carbons (Fsp3) is 0.625. The van der Waals surface area contributed by atoms with Gasteiger partial charge in [-0.15, -0.1) is 0 Å². The van der Waals surface area contributed by atoms with Crippen molar-refractivity contribution in [1.29, 1.82) is 0 Å². The van der Waals surface area contributed by atoms with E-state index in [0.717, 1.165) is 6.54 Å². The second kappa shape index (κ2) is 6.80. The van der Waals surface area contributed by atoms with E-state index in [1.54, 1.807) is 0 Å². The number of anilines is 2. The summed E-state index contributed by atoms with van der Waals surface area (Å²) in [6.07, 6.45) is 4.07. The van der Waals surface area contributed by atoms with Gasteiger partial charge < -0.3 is 10.6 Å². The number of likely N-dealkylation sites (tertiary alicyclic amines) is 1. The number of hydrogen-bond donors (Lipinski definition) is 2. The summed E-state index contributed by atoms with van der Waals surface area (Å²) in [7, 11) is 2.01. The molecule has 1 heterocycles. The van der Waals surface area contributed by atoms with Gasteiger partial charge in [0.25, 0.3) is 0 Å². The maximum Gasteiger partial charge on any atom is 0.0406 e. The van der Waals surface area contributed by atoms with Crippen LogP contribution in [-0.2, 0) is 0 Å². The van der Waals surface area contributed by atoms with Crippen LogP contribution in [-0.4, -0.2) is 31.6 Å². The first-order valence-corrected chi connectivity index (χ1v) is 7.56. The highest BCUT2D eigenvalue weighted by molar-refractivity contribution is 5.62. The monoisotopic (exact) mass is 261 g/mol. The number of nitrogens with zero attached hydrogens (tertiary/aromatic N) is 1. The van der Waals surface area contributed by atoms with E-state index in [2.05, 4.69) is 47.6 Å². The largest absolute Gasteiger partial charge is 0.388 e. The Morgan fingerprint density at radius 2 is 1.95 bits per heavy atom. The molecule has 0 amide bonds. The van der Waals surface area contributed by atoms with Gasteiger partial charge in [-0.25, -0.2) is 0 Å². The zero-order valence-corrected chi connectivity index (χ0v) is 12.5. The van der Waals surface area contributed by atoms with E-state index >= 15 is 0 Å². The summed E-state index contributed by atoms with van der Waals surface area (Å²) in [5, 5.41) is 6.72. The minimum absolute atomic E-state index is 0.499. The van der Waals surface area contributed by atoms with Gasteiger partial charge in [0.1, 0.15) is 0 Å². The summed E-state index contributed by atoms with van der Waals surface area (Å²) in [5.74, 6) is 0. The highest BCUT2D eigenvalue weighted by atomic mass is 15.2. The van der Waals surface area contributed by atoms with E-state index < -0.39 is 0 Å². The number of piperidine rings is 1. The van der Waals surface area contributed by atoms with Crippen LogP contribution in [0.2, 0.25) is 0 Å². The molecule has 1 fully saturated rings. The number of benzene rings is 1. The Hall–Kier alpha value is -1.22. The molecule has 1 aliphatic rings. The SMILES string of the molecule is CCNc1ccc(C(C)N2CCCCC2)c(NC)c1. The summed E-state index contributed by atoms with van der Waals surface area (Å²) in [6, 6.07) is 7.18. The van der Waals surface area contributed by atoms with Crippen molar-refractivity contribution < 1.29 is 0 Å². The molecule has 0 aromatic heterocycles. The van der Waals surface area contributed by atoms with Crippen LogP contribution < -0.4 is 10.6 Å². The van der Waals surface area contributed by atoms with E-state index in [0.29, 0.717) is 6.04 Å². The molecule has 1 aliphatic heterocycles.